The van der Waals surface area contributed by atoms with Crippen LogP contribution < -0.4 is 10.7 Å². The van der Waals surface area contributed by atoms with E-state index in [-0.39, 0.29) is 29.4 Å². The fourth-order valence-corrected chi connectivity index (χ4v) is 6.53. The van der Waals surface area contributed by atoms with Crippen molar-refractivity contribution in [1.29, 1.82) is 0 Å². The maximum absolute atomic E-state index is 14.8. The first kappa shape index (κ1) is 26.8. The minimum absolute atomic E-state index is 0.0487. The van der Waals surface area contributed by atoms with Gasteiger partial charge in [0.2, 0.25) is 15.3 Å². The Morgan fingerprint density at radius 1 is 1.00 bits per heavy atom. The molecule has 11 heteroatoms. The van der Waals surface area contributed by atoms with Gasteiger partial charge in [-0.3, -0.25) is 14.6 Å². The normalized spacial score (nSPS) is 16.6. The number of carbonyl (C=O) groups excluding carboxylic acids is 1. The number of hydrogen-bond donors (Lipinski definition) is 2. The molecule has 1 aromatic heterocycles. The van der Waals surface area contributed by atoms with Gasteiger partial charge in [-0.25, -0.2) is 12.8 Å². The van der Waals surface area contributed by atoms with Gasteiger partial charge in [-0.05, 0) is 59.7 Å². The number of aliphatic imine (C=N–C) groups is 1. The van der Waals surface area contributed by atoms with Gasteiger partial charge in [-0.2, -0.15) is 0 Å². The van der Waals surface area contributed by atoms with Gasteiger partial charge in [0.05, 0.1) is 15.8 Å². The van der Waals surface area contributed by atoms with E-state index in [4.69, 9.17) is 23.2 Å². The Hall–Kier alpha value is -3.79. The molecule has 0 spiro atoms. The third kappa shape index (κ3) is 5.13. The quantitative estimate of drug-likeness (QED) is 0.309. The Morgan fingerprint density at radius 3 is 2.26 bits per heavy atom. The van der Waals surface area contributed by atoms with Crippen molar-refractivity contribution in [3.05, 3.63) is 122 Å². The number of H-pyrrole nitrogens is 1. The van der Waals surface area contributed by atoms with Crippen LogP contribution in [-0.2, 0) is 22.8 Å². The van der Waals surface area contributed by atoms with E-state index in [2.05, 4.69) is 15.3 Å². The van der Waals surface area contributed by atoms with Crippen molar-refractivity contribution < 1.29 is 17.6 Å². The van der Waals surface area contributed by atoms with Crippen LogP contribution in [0.4, 0.5) is 4.39 Å². The molecule has 0 fully saturated rings. The lowest BCUT2D eigenvalue weighted by Gasteiger charge is -2.25. The summed E-state index contributed by atoms with van der Waals surface area (Å²) in [5, 5.41) is 3.38. The van der Waals surface area contributed by atoms with Gasteiger partial charge in [0.25, 0.3) is 5.91 Å². The zero-order chi connectivity index (χ0) is 27.8. The number of nitrogens with one attached hydrogen (secondary N) is 2. The van der Waals surface area contributed by atoms with Crippen LogP contribution in [-0.4, -0.2) is 30.4 Å². The van der Waals surface area contributed by atoms with E-state index in [1.54, 1.807) is 48.5 Å². The zero-order valence-electron chi connectivity index (χ0n) is 20.1. The molecule has 2 N–H and O–H groups in total. The Bertz CT molecular complexity index is 1810. The summed E-state index contributed by atoms with van der Waals surface area (Å²) in [5.41, 5.74) is 0.160. The van der Waals surface area contributed by atoms with Crippen molar-refractivity contribution in [3.8, 4) is 0 Å². The van der Waals surface area contributed by atoms with Crippen molar-refractivity contribution in [2.24, 2.45) is 4.99 Å². The van der Waals surface area contributed by atoms with Gasteiger partial charge in [-0.15, -0.1) is 0 Å². The van der Waals surface area contributed by atoms with E-state index in [9.17, 15) is 22.4 Å². The highest BCUT2D eigenvalue weighted by Crippen LogP contribution is 2.37. The lowest BCUT2D eigenvalue weighted by atomic mass is 10.1. The molecular formula is C28H20Cl2FN3O4S. The van der Waals surface area contributed by atoms with E-state index in [1.807, 2.05) is 0 Å². The van der Waals surface area contributed by atoms with Gasteiger partial charge < -0.3 is 10.3 Å². The number of fused-ring (bicyclic) bond motifs is 1. The highest BCUT2D eigenvalue weighted by Gasteiger charge is 2.45. The Balaban J connectivity index is 1.54. The monoisotopic (exact) mass is 583 g/mol. The number of halogens is 3. The molecule has 7 nitrogen and oxygen atoms in total. The Labute approximate surface area is 232 Å². The SMILES string of the molecule is O=C(NCc1ccc(Cl)cc1)c1c[nH]c2c(S(=O)(=O)C3(Cc4ccc(Cl)cc4)C=CC=N3)cc(F)cc2c1=O. The van der Waals surface area contributed by atoms with Crippen LogP contribution in [0.3, 0.4) is 0 Å². The van der Waals surface area contributed by atoms with Crippen LogP contribution in [0.1, 0.15) is 21.5 Å². The molecule has 1 aliphatic heterocycles. The lowest BCUT2D eigenvalue weighted by Crippen LogP contribution is -2.36. The molecule has 0 saturated carbocycles. The zero-order valence-corrected chi connectivity index (χ0v) is 22.4. The van der Waals surface area contributed by atoms with E-state index < -0.39 is 36.8 Å². The average molecular weight is 584 g/mol. The average Bonchev–Trinajstić information content (AvgIpc) is 3.40. The summed E-state index contributed by atoms with van der Waals surface area (Å²) in [6, 6.07) is 15.2. The number of allylic oxidation sites excluding steroid dienone is 1. The van der Waals surface area contributed by atoms with Gasteiger partial charge in [-0.1, -0.05) is 47.5 Å². The molecule has 0 saturated heterocycles. The minimum Gasteiger partial charge on any atom is -0.359 e. The van der Waals surface area contributed by atoms with Gasteiger partial charge >= 0.3 is 0 Å². The van der Waals surface area contributed by atoms with E-state index in [0.29, 0.717) is 15.6 Å². The van der Waals surface area contributed by atoms with E-state index in [1.165, 1.54) is 18.4 Å². The lowest BCUT2D eigenvalue weighted by molar-refractivity contribution is 0.0949. The standard InChI is InChI=1S/C28H20Cl2FN3O4S/c29-19-6-2-17(3-7-19)14-28(10-1-11-34-28)39(37,38)24-13-21(31)12-22-25(24)32-16-23(26(22)35)27(36)33-15-18-4-8-20(30)9-5-18/h1-13,16H,14-15H2,(H,32,35)(H,33,36). The topological polar surface area (TPSA) is 108 Å². The van der Waals surface area contributed by atoms with Crippen molar-refractivity contribution in [1.82, 2.24) is 10.3 Å². The maximum atomic E-state index is 14.8. The van der Waals surface area contributed by atoms with E-state index in [0.717, 1.165) is 23.9 Å². The summed E-state index contributed by atoms with van der Waals surface area (Å²) in [5.74, 6) is -1.65. The first-order chi connectivity index (χ1) is 18.6. The summed E-state index contributed by atoms with van der Waals surface area (Å²) < 4.78 is 42.9. The molecule has 3 aromatic carbocycles. The summed E-state index contributed by atoms with van der Waals surface area (Å²) in [6.45, 7) is 0.119. The third-order valence-corrected chi connectivity index (χ3v) is 9.11. The summed E-state index contributed by atoms with van der Waals surface area (Å²) in [4.78, 5) is 30.8. The molecule has 0 bridgehead atoms. The molecule has 4 aromatic rings. The number of pyridine rings is 1. The summed E-state index contributed by atoms with van der Waals surface area (Å²) in [6.07, 6.45) is 5.36. The number of aromatic nitrogens is 1. The van der Waals surface area contributed by atoms with Crippen LogP contribution >= 0.6 is 23.2 Å². The molecular weight excluding hydrogens is 564 g/mol. The highest BCUT2D eigenvalue weighted by atomic mass is 35.5. The molecule has 1 unspecified atom stereocenters. The van der Waals surface area contributed by atoms with Crippen LogP contribution in [0, 0.1) is 5.82 Å². The molecule has 0 aliphatic carbocycles. The minimum atomic E-state index is -4.40. The number of carbonyl (C=O) groups is 1. The Kier molecular flexibility index (Phi) is 7.15. The summed E-state index contributed by atoms with van der Waals surface area (Å²) in [7, 11) is -4.40. The summed E-state index contributed by atoms with van der Waals surface area (Å²) >= 11 is 11.8. The van der Waals surface area contributed by atoms with Crippen LogP contribution in [0.5, 0.6) is 0 Å². The number of amides is 1. The van der Waals surface area contributed by atoms with E-state index >= 15 is 0 Å². The fraction of sp³-hybridized carbons (Fsp3) is 0.107. The maximum Gasteiger partial charge on any atom is 0.257 e. The first-order valence-electron chi connectivity index (χ1n) is 11.7. The fourth-order valence-electron chi connectivity index (χ4n) is 4.37. The molecule has 5 rings (SSSR count). The predicted molar refractivity (Wildman–Crippen MR) is 150 cm³/mol. The second kappa shape index (κ2) is 10.4. The van der Waals surface area contributed by atoms with Crippen molar-refractivity contribution in [2.75, 3.05) is 0 Å². The molecule has 1 amide bonds. The molecule has 39 heavy (non-hydrogen) atoms. The van der Waals surface area contributed by atoms with Crippen LogP contribution in [0.15, 0.2) is 93.7 Å². The second-order valence-electron chi connectivity index (χ2n) is 8.96. The van der Waals surface area contributed by atoms with Crippen LogP contribution in [0.2, 0.25) is 10.0 Å². The molecule has 0 radical (unpaired) electrons. The molecule has 198 valence electrons. The Morgan fingerprint density at radius 2 is 1.64 bits per heavy atom. The number of benzene rings is 3. The van der Waals surface area contributed by atoms with Gasteiger partial charge in [0.1, 0.15) is 11.4 Å². The number of nitrogens with zero attached hydrogens (tertiary/aromatic N) is 1. The number of aromatic amines is 1. The first-order valence-corrected chi connectivity index (χ1v) is 13.9. The van der Waals surface area contributed by atoms with Crippen molar-refractivity contribution in [2.45, 2.75) is 22.7 Å². The van der Waals surface area contributed by atoms with Gasteiger partial charge in [0, 0.05) is 35.4 Å². The largest absolute Gasteiger partial charge is 0.359 e. The number of sulfone groups is 1. The molecule has 1 atom stereocenters. The second-order valence-corrected chi connectivity index (χ2v) is 12.0. The predicted octanol–water partition coefficient (Wildman–Crippen LogP) is 5.26. The molecule has 1 aliphatic rings. The third-order valence-electron chi connectivity index (χ3n) is 6.39. The van der Waals surface area contributed by atoms with Crippen molar-refractivity contribution in [3.63, 3.8) is 0 Å². The smallest absolute Gasteiger partial charge is 0.257 e. The van der Waals surface area contributed by atoms with Gasteiger partial charge in [0.15, 0.2) is 4.87 Å². The van der Waals surface area contributed by atoms with Crippen molar-refractivity contribution >= 4 is 56.1 Å². The highest BCUT2D eigenvalue weighted by molar-refractivity contribution is 7.93. The number of rotatable bonds is 7. The molecule has 2 heterocycles. The number of hydrogen-bond acceptors (Lipinski definition) is 5. The van der Waals surface area contributed by atoms with Crippen LogP contribution in [0.25, 0.3) is 10.9 Å².